The number of fused-ring (bicyclic) bond motifs is 1. The molecule has 3 aromatic rings. The van der Waals surface area contributed by atoms with Gasteiger partial charge in [-0.3, -0.25) is 14.4 Å². The quantitative estimate of drug-likeness (QED) is 0.568. The first-order chi connectivity index (χ1) is 13.1. The number of benzene rings is 2. The van der Waals surface area contributed by atoms with Crippen molar-refractivity contribution in [2.45, 2.75) is 18.0 Å². The highest BCUT2D eigenvalue weighted by atomic mass is 79.9. The van der Waals surface area contributed by atoms with Gasteiger partial charge in [-0.25, -0.2) is 14.1 Å². The molecule has 0 saturated carbocycles. The second-order valence-corrected chi connectivity index (χ2v) is 8.22. The van der Waals surface area contributed by atoms with E-state index in [4.69, 9.17) is 0 Å². The second-order valence-electron chi connectivity index (χ2n) is 5.66. The zero-order chi connectivity index (χ0) is 20.6. The Morgan fingerprint density at radius 2 is 1.96 bits per heavy atom. The molecule has 0 amide bonds. The van der Waals surface area contributed by atoms with Gasteiger partial charge in [0.2, 0.25) is 0 Å². The van der Waals surface area contributed by atoms with Gasteiger partial charge in [0.05, 0.1) is 37.8 Å². The molecule has 1 aromatic heterocycles. The molecule has 5 nitrogen and oxygen atoms in total. The average Bonchev–Trinajstić information content (AvgIpc) is 2.63. The van der Waals surface area contributed by atoms with Crippen molar-refractivity contribution in [3.8, 4) is 0 Å². The fraction of sp³-hybridized carbons (Fsp3) is 0.176. The van der Waals surface area contributed by atoms with Crippen LogP contribution in [0.25, 0.3) is 10.9 Å². The van der Waals surface area contributed by atoms with Gasteiger partial charge in [0, 0.05) is 16.3 Å². The van der Waals surface area contributed by atoms with E-state index in [1.54, 1.807) is 6.92 Å². The van der Waals surface area contributed by atoms with Crippen LogP contribution in [0.3, 0.4) is 0 Å². The van der Waals surface area contributed by atoms with E-state index in [-0.39, 0.29) is 31.7 Å². The number of alkyl halides is 3. The lowest BCUT2D eigenvalue weighted by Crippen LogP contribution is -2.27. The van der Waals surface area contributed by atoms with E-state index in [9.17, 15) is 26.6 Å². The van der Waals surface area contributed by atoms with Crippen LogP contribution in [-0.4, -0.2) is 19.6 Å². The predicted molar refractivity (Wildman–Crippen MR) is 101 cm³/mol. The van der Waals surface area contributed by atoms with Crippen LogP contribution in [0.15, 0.2) is 50.8 Å². The summed E-state index contributed by atoms with van der Waals surface area (Å²) >= 11 is 2.99. The molecule has 2 aromatic carbocycles. The fourth-order valence-electron chi connectivity index (χ4n) is 2.51. The third-order valence-corrected chi connectivity index (χ3v) is 5.81. The molecule has 28 heavy (non-hydrogen) atoms. The summed E-state index contributed by atoms with van der Waals surface area (Å²) in [6.07, 6.45) is -3.59. The SMILES string of the molecule is CCS(=O)c1ccc(F)cc1Nn1cnc2c(Br)cc(C(F)(F)F)cc2c1=O. The van der Waals surface area contributed by atoms with Crippen molar-refractivity contribution in [1.82, 2.24) is 9.66 Å². The van der Waals surface area contributed by atoms with Crippen LogP contribution < -0.4 is 11.0 Å². The van der Waals surface area contributed by atoms with Gasteiger partial charge >= 0.3 is 6.18 Å². The third-order valence-electron chi connectivity index (χ3n) is 3.83. The minimum atomic E-state index is -4.65. The van der Waals surface area contributed by atoms with Gasteiger partial charge < -0.3 is 0 Å². The Kier molecular flexibility index (Phi) is 5.57. The van der Waals surface area contributed by atoms with Gasteiger partial charge in [-0.15, -0.1) is 0 Å². The lowest BCUT2D eigenvalue weighted by Gasteiger charge is -2.14. The molecule has 1 unspecified atom stereocenters. The maximum atomic E-state index is 13.6. The number of halogens is 5. The van der Waals surface area contributed by atoms with Crippen LogP contribution in [0.5, 0.6) is 0 Å². The minimum absolute atomic E-state index is 0.0140. The molecule has 0 radical (unpaired) electrons. The Labute approximate surface area is 166 Å². The van der Waals surface area contributed by atoms with Crippen LogP contribution in [-0.2, 0) is 17.0 Å². The van der Waals surface area contributed by atoms with Crippen molar-refractivity contribution < 1.29 is 21.8 Å². The average molecular weight is 478 g/mol. The molecule has 0 bridgehead atoms. The second kappa shape index (κ2) is 7.63. The van der Waals surface area contributed by atoms with E-state index in [1.807, 2.05) is 0 Å². The zero-order valence-electron chi connectivity index (χ0n) is 14.2. The van der Waals surface area contributed by atoms with E-state index in [0.717, 1.165) is 29.2 Å². The van der Waals surface area contributed by atoms with Crippen molar-refractivity contribution in [1.29, 1.82) is 0 Å². The molecule has 0 aliphatic heterocycles. The molecule has 0 aliphatic rings. The van der Waals surface area contributed by atoms with E-state index in [2.05, 4.69) is 26.3 Å². The predicted octanol–water partition coefficient (Wildman–Crippen LogP) is 4.32. The van der Waals surface area contributed by atoms with Crippen molar-refractivity contribution in [3.63, 3.8) is 0 Å². The molecule has 11 heteroatoms. The van der Waals surface area contributed by atoms with Crippen molar-refractivity contribution >= 4 is 43.3 Å². The molecule has 1 heterocycles. The maximum Gasteiger partial charge on any atom is 0.416 e. The van der Waals surface area contributed by atoms with Gasteiger partial charge in [-0.1, -0.05) is 6.92 Å². The number of anilines is 1. The van der Waals surface area contributed by atoms with Crippen LogP contribution in [0, 0.1) is 5.82 Å². The third kappa shape index (κ3) is 3.95. The normalized spacial score (nSPS) is 12.9. The highest BCUT2D eigenvalue weighted by molar-refractivity contribution is 9.10. The Hall–Kier alpha value is -2.27. The number of hydrogen-bond donors (Lipinski definition) is 1. The Morgan fingerprint density at radius 3 is 2.61 bits per heavy atom. The molecular weight excluding hydrogens is 466 g/mol. The molecule has 0 saturated heterocycles. The van der Waals surface area contributed by atoms with Gasteiger partial charge in [0.15, 0.2) is 0 Å². The van der Waals surface area contributed by atoms with Crippen molar-refractivity contribution in [3.05, 3.63) is 62.9 Å². The molecule has 1 atom stereocenters. The molecule has 148 valence electrons. The lowest BCUT2D eigenvalue weighted by molar-refractivity contribution is -0.137. The number of aromatic nitrogens is 2. The first-order valence-electron chi connectivity index (χ1n) is 7.85. The molecule has 3 rings (SSSR count). The summed E-state index contributed by atoms with van der Waals surface area (Å²) < 4.78 is 65.8. The van der Waals surface area contributed by atoms with Crippen LogP contribution in [0.4, 0.5) is 23.2 Å². The number of nitrogens with one attached hydrogen (secondary N) is 1. The molecule has 0 fully saturated rings. The van der Waals surface area contributed by atoms with Crippen molar-refractivity contribution in [2.75, 3.05) is 11.2 Å². The summed E-state index contributed by atoms with van der Waals surface area (Å²) in [7, 11) is -1.46. The Morgan fingerprint density at radius 1 is 1.25 bits per heavy atom. The zero-order valence-corrected chi connectivity index (χ0v) is 16.6. The first-order valence-corrected chi connectivity index (χ1v) is 9.96. The van der Waals surface area contributed by atoms with E-state index in [1.165, 1.54) is 6.07 Å². The fourth-order valence-corrected chi connectivity index (χ4v) is 3.95. The Bertz CT molecular complexity index is 1150. The summed E-state index contributed by atoms with van der Waals surface area (Å²) in [4.78, 5) is 16.9. The molecule has 0 aliphatic carbocycles. The molecular formula is C17H12BrF4N3O2S. The van der Waals surface area contributed by atoms with E-state index < -0.39 is 33.9 Å². The number of rotatable bonds is 4. The molecule has 1 N–H and O–H groups in total. The van der Waals surface area contributed by atoms with Crippen LogP contribution in [0.2, 0.25) is 0 Å². The van der Waals surface area contributed by atoms with Gasteiger partial charge in [0.25, 0.3) is 5.56 Å². The molecule has 0 spiro atoms. The summed E-state index contributed by atoms with van der Waals surface area (Å²) in [6.45, 7) is 1.67. The van der Waals surface area contributed by atoms with Crippen LogP contribution >= 0.6 is 15.9 Å². The summed E-state index contributed by atoms with van der Waals surface area (Å²) in [5, 5.41) is -0.286. The first kappa shape index (κ1) is 20.5. The minimum Gasteiger partial charge on any atom is -0.289 e. The highest BCUT2D eigenvalue weighted by Crippen LogP contribution is 2.33. The number of hydrogen-bond acceptors (Lipinski definition) is 4. The lowest BCUT2D eigenvalue weighted by atomic mass is 10.1. The van der Waals surface area contributed by atoms with Crippen LogP contribution in [0.1, 0.15) is 12.5 Å². The van der Waals surface area contributed by atoms with Gasteiger partial charge in [0.1, 0.15) is 12.1 Å². The smallest absolute Gasteiger partial charge is 0.289 e. The summed E-state index contributed by atoms with van der Waals surface area (Å²) in [6, 6.07) is 5.02. The van der Waals surface area contributed by atoms with Crippen molar-refractivity contribution in [2.24, 2.45) is 0 Å². The monoisotopic (exact) mass is 477 g/mol. The highest BCUT2D eigenvalue weighted by Gasteiger charge is 2.31. The summed E-state index contributed by atoms with van der Waals surface area (Å²) in [5.74, 6) is -0.379. The Balaban J connectivity index is 2.16. The standard InChI is InChI=1S/C17H12BrF4N3O2S/c1-2-28(27)14-4-3-10(19)7-13(14)24-25-8-23-15-11(16(25)26)5-9(6-12(15)18)17(20,21)22/h3-8,24H,2H2,1H3. The summed E-state index contributed by atoms with van der Waals surface area (Å²) in [5.41, 5.74) is 0.841. The van der Waals surface area contributed by atoms with E-state index >= 15 is 0 Å². The topological polar surface area (TPSA) is 64.0 Å². The van der Waals surface area contributed by atoms with Gasteiger partial charge in [-0.2, -0.15) is 13.2 Å². The number of nitrogens with zero attached hydrogens (tertiary/aromatic N) is 2. The maximum absolute atomic E-state index is 13.6. The van der Waals surface area contributed by atoms with Gasteiger partial charge in [-0.05, 0) is 40.2 Å². The van der Waals surface area contributed by atoms with E-state index in [0.29, 0.717) is 6.07 Å². The largest absolute Gasteiger partial charge is 0.416 e.